The van der Waals surface area contributed by atoms with E-state index >= 15 is 0 Å². The van der Waals surface area contributed by atoms with Crippen LogP contribution in [-0.4, -0.2) is 30.7 Å². The van der Waals surface area contributed by atoms with E-state index < -0.39 is 0 Å². The highest BCUT2D eigenvalue weighted by Crippen LogP contribution is 2.41. The molecule has 0 amide bonds. The van der Waals surface area contributed by atoms with Gasteiger partial charge in [-0.2, -0.15) is 0 Å². The van der Waals surface area contributed by atoms with E-state index in [2.05, 4.69) is 33.0 Å². The topological polar surface area (TPSA) is 63.1 Å². The van der Waals surface area contributed by atoms with Crippen LogP contribution < -0.4 is 11.1 Å². The zero-order valence-corrected chi connectivity index (χ0v) is 10.0. The van der Waals surface area contributed by atoms with E-state index in [1.807, 2.05) is 0 Å². The minimum atomic E-state index is -0.0621. The van der Waals surface area contributed by atoms with E-state index in [0.717, 1.165) is 13.0 Å². The van der Waals surface area contributed by atoms with Crippen molar-refractivity contribution < 1.29 is 9.47 Å². The summed E-state index contributed by atoms with van der Waals surface area (Å²) in [7, 11) is 0. The molecule has 2 rings (SSSR count). The number of rotatable bonds is 5. The molecule has 2 fully saturated rings. The summed E-state index contributed by atoms with van der Waals surface area (Å²) in [5.41, 5.74) is 5.90. The Morgan fingerprint density at radius 3 is 2.27 bits per heavy atom. The molecule has 0 aliphatic carbocycles. The van der Waals surface area contributed by atoms with Gasteiger partial charge in [-0.3, -0.25) is 5.32 Å². The van der Waals surface area contributed by atoms with Crippen molar-refractivity contribution in [1.29, 1.82) is 0 Å². The Labute approximate surface area is 91.5 Å². The number of hydrogen-bond donors (Lipinski definition) is 2. The van der Waals surface area contributed by atoms with E-state index in [9.17, 15) is 0 Å². The van der Waals surface area contributed by atoms with Gasteiger partial charge < -0.3 is 15.2 Å². The van der Waals surface area contributed by atoms with Crippen molar-refractivity contribution in [2.75, 3.05) is 6.61 Å². The van der Waals surface area contributed by atoms with Crippen LogP contribution in [0.4, 0.5) is 0 Å². The van der Waals surface area contributed by atoms with Gasteiger partial charge in [-0.25, -0.2) is 0 Å². The molecule has 3 unspecified atom stereocenters. The highest BCUT2D eigenvalue weighted by atomic mass is 16.6. The molecule has 3 atom stereocenters. The van der Waals surface area contributed by atoms with E-state index in [4.69, 9.17) is 15.2 Å². The summed E-state index contributed by atoms with van der Waals surface area (Å²) in [5, 5.41) is 3.47. The van der Waals surface area contributed by atoms with Gasteiger partial charge in [-0.05, 0) is 25.7 Å². The van der Waals surface area contributed by atoms with Gasteiger partial charge in [0.15, 0.2) is 0 Å². The summed E-state index contributed by atoms with van der Waals surface area (Å²) in [6.07, 6.45) is 1.43. The molecule has 2 aliphatic heterocycles. The van der Waals surface area contributed by atoms with E-state index in [-0.39, 0.29) is 29.5 Å². The molecular formula is C11H22N2O2. The van der Waals surface area contributed by atoms with Crippen LogP contribution in [0.15, 0.2) is 0 Å². The number of ether oxygens (including phenoxy) is 2. The molecule has 0 aromatic carbocycles. The molecule has 15 heavy (non-hydrogen) atoms. The van der Waals surface area contributed by atoms with Gasteiger partial charge in [-0.1, -0.05) is 13.8 Å². The Kier molecular flexibility index (Phi) is 2.58. The van der Waals surface area contributed by atoms with Gasteiger partial charge in [0.25, 0.3) is 0 Å². The molecule has 2 aliphatic rings. The number of epoxide rings is 2. The fourth-order valence-electron chi connectivity index (χ4n) is 2.61. The maximum Gasteiger partial charge on any atom is 0.133 e. The largest absolute Gasteiger partial charge is 0.357 e. The molecule has 0 bridgehead atoms. The first-order valence-corrected chi connectivity index (χ1v) is 5.61. The minimum absolute atomic E-state index is 0.0621. The smallest absolute Gasteiger partial charge is 0.133 e. The first-order valence-electron chi connectivity index (χ1n) is 5.61. The van der Waals surface area contributed by atoms with Gasteiger partial charge in [0.2, 0.25) is 0 Å². The third-order valence-electron chi connectivity index (χ3n) is 3.08. The second-order valence-corrected chi connectivity index (χ2v) is 6.04. The lowest BCUT2D eigenvalue weighted by Gasteiger charge is -2.34. The molecule has 3 N–H and O–H groups in total. The number of nitrogens with one attached hydrogen (secondary N) is 1. The molecule has 2 heterocycles. The van der Waals surface area contributed by atoms with Crippen molar-refractivity contribution >= 4 is 0 Å². The fraction of sp³-hybridized carbons (Fsp3) is 1.00. The second-order valence-electron chi connectivity index (χ2n) is 6.04. The van der Waals surface area contributed by atoms with E-state index in [1.54, 1.807) is 0 Å². The average Bonchev–Trinajstić information content (AvgIpc) is 2.84. The zero-order valence-electron chi connectivity index (χ0n) is 10.0. The Hall–Kier alpha value is -0.160. The van der Waals surface area contributed by atoms with Crippen LogP contribution >= 0.6 is 0 Å². The van der Waals surface area contributed by atoms with Crippen LogP contribution in [0.2, 0.25) is 0 Å². The average molecular weight is 214 g/mol. The van der Waals surface area contributed by atoms with Crippen LogP contribution in [0.3, 0.4) is 0 Å². The molecule has 88 valence electrons. The van der Waals surface area contributed by atoms with Gasteiger partial charge in [0.1, 0.15) is 18.6 Å². The SMILES string of the molecule is CC(C)(CC(C)(C)C1OC1N)NC1CO1. The molecule has 0 spiro atoms. The first kappa shape index (κ1) is 11.3. The summed E-state index contributed by atoms with van der Waals surface area (Å²) < 4.78 is 10.6. The highest BCUT2D eigenvalue weighted by molar-refractivity contribution is 4.98. The van der Waals surface area contributed by atoms with Crippen molar-refractivity contribution in [1.82, 2.24) is 5.32 Å². The standard InChI is InChI=1S/C11H22N2O2/c1-10(2,8-9(12)15-8)6-11(3,4)13-7-5-14-7/h7-9,13H,5-6,12H2,1-4H3. The molecule has 4 nitrogen and oxygen atoms in total. The summed E-state index contributed by atoms with van der Waals surface area (Å²) >= 11 is 0. The minimum Gasteiger partial charge on any atom is -0.357 e. The third-order valence-corrected chi connectivity index (χ3v) is 3.08. The molecule has 0 saturated carbocycles. The number of hydrogen-bond acceptors (Lipinski definition) is 4. The lowest BCUT2D eigenvalue weighted by atomic mass is 9.77. The van der Waals surface area contributed by atoms with Crippen molar-refractivity contribution in [3.8, 4) is 0 Å². The predicted molar refractivity (Wildman–Crippen MR) is 58.2 cm³/mol. The molecule has 2 saturated heterocycles. The molecular weight excluding hydrogens is 192 g/mol. The fourth-order valence-corrected chi connectivity index (χ4v) is 2.61. The Morgan fingerprint density at radius 2 is 1.87 bits per heavy atom. The van der Waals surface area contributed by atoms with E-state index in [1.165, 1.54) is 0 Å². The summed E-state index contributed by atoms with van der Waals surface area (Å²) in [5.74, 6) is 0. The van der Waals surface area contributed by atoms with Crippen LogP contribution in [0.5, 0.6) is 0 Å². The molecule has 0 aromatic rings. The van der Waals surface area contributed by atoms with E-state index in [0.29, 0.717) is 0 Å². The number of nitrogens with two attached hydrogens (primary N) is 1. The van der Waals surface area contributed by atoms with Crippen LogP contribution in [0.25, 0.3) is 0 Å². The maximum absolute atomic E-state index is 5.72. The van der Waals surface area contributed by atoms with Gasteiger partial charge in [0.05, 0.1) is 6.61 Å². The quantitative estimate of drug-likeness (QED) is 0.665. The first-order chi connectivity index (χ1) is 6.80. The van der Waals surface area contributed by atoms with Gasteiger partial charge >= 0.3 is 0 Å². The summed E-state index contributed by atoms with van der Waals surface area (Å²) in [4.78, 5) is 0. The van der Waals surface area contributed by atoms with Gasteiger partial charge in [0, 0.05) is 5.54 Å². The van der Waals surface area contributed by atoms with Crippen LogP contribution in [0, 0.1) is 5.41 Å². The van der Waals surface area contributed by atoms with Crippen molar-refractivity contribution in [2.45, 2.75) is 58.2 Å². The van der Waals surface area contributed by atoms with Crippen molar-refractivity contribution in [2.24, 2.45) is 11.1 Å². The highest BCUT2D eigenvalue weighted by Gasteiger charge is 2.49. The van der Waals surface area contributed by atoms with Gasteiger partial charge in [-0.15, -0.1) is 0 Å². The van der Waals surface area contributed by atoms with Crippen LogP contribution in [0.1, 0.15) is 34.1 Å². The lowest BCUT2D eigenvalue weighted by molar-refractivity contribution is 0.158. The molecule has 0 aromatic heterocycles. The van der Waals surface area contributed by atoms with Crippen molar-refractivity contribution in [3.05, 3.63) is 0 Å². The summed E-state index contributed by atoms with van der Waals surface area (Å²) in [6.45, 7) is 9.65. The monoisotopic (exact) mass is 214 g/mol. The Bertz CT molecular complexity index is 249. The lowest BCUT2D eigenvalue weighted by Crippen LogP contribution is -2.46. The predicted octanol–water partition coefficient (Wildman–Crippen LogP) is 0.811. The zero-order chi connectivity index (χ0) is 11.3. The molecule has 0 radical (unpaired) electrons. The molecule has 4 heteroatoms. The van der Waals surface area contributed by atoms with Crippen LogP contribution in [-0.2, 0) is 9.47 Å². The Morgan fingerprint density at radius 1 is 1.33 bits per heavy atom. The normalized spacial score (nSPS) is 35.4. The van der Waals surface area contributed by atoms with Crippen molar-refractivity contribution in [3.63, 3.8) is 0 Å². The summed E-state index contributed by atoms with van der Waals surface area (Å²) in [6, 6.07) is 0. The second kappa shape index (κ2) is 3.42. The Balaban J connectivity index is 1.87. The maximum atomic E-state index is 5.72. The third kappa shape index (κ3) is 2.91.